The summed E-state index contributed by atoms with van der Waals surface area (Å²) < 4.78 is 18.9. The highest BCUT2D eigenvalue weighted by atomic mass is 35.5. The van der Waals surface area contributed by atoms with Gasteiger partial charge in [0.25, 0.3) is 5.56 Å². The molecule has 0 unspecified atom stereocenters. The molecule has 7 nitrogen and oxygen atoms in total. The van der Waals surface area contributed by atoms with E-state index in [2.05, 4.69) is 28.7 Å². The fourth-order valence-electron chi connectivity index (χ4n) is 5.11. The minimum Gasteiger partial charge on any atom is -0.369 e. The van der Waals surface area contributed by atoms with Crippen LogP contribution in [0.2, 0.25) is 5.02 Å². The molecule has 1 aliphatic rings. The van der Waals surface area contributed by atoms with E-state index in [1.165, 1.54) is 16.8 Å². The molecule has 3 heterocycles. The average molecular weight is 543 g/mol. The van der Waals surface area contributed by atoms with Crippen molar-refractivity contribution < 1.29 is 4.39 Å². The van der Waals surface area contributed by atoms with Gasteiger partial charge in [-0.15, -0.1) is 0 Å². The largest absolute Gasteiger partial charge is 0.369 e. The maximum atomic E-state index is 15.9. The highest BCUT2D eigenvalue weighted by Crippen LogP contribution is 2.29. The number of rotatable bonds is 5. The fourth-order valence-corrected chi connectivity index (χ4v) is 5.24. The van der Waals surface area contributed by atoms with Crippen molar-refractivity contribution in [3.8, 4) is 22.8 Å². The van der Waals surface area contributed by atoms with Crippen LogP contribution in [-0.4, -0.2) is 56.5 Å². The van der Waals surface area contributed by atoms with Crippen LogP contribution in [0.15, 0.2) is 83.8 Å². The van der Waals surface area contributed by atoms with Crippen molar-refractivity contribution >= 4 is 28.3 Å². The van der Waals surface area contributed by atoms with E-state index < -0.39 is 5.82 Å². The second-order valence-corrected chi connectivity index (χ2v) is 10.4. The quantitative estimate of drug-likeness (QED) is 0.291. The summed E-state index contributed by atoms with van der Waals surface area (Å²) in [5.41, 5.74) is 2.36. The van der Waals surface area contributed by atoms with Crippen molar-refractivity contribution in [2.45, 2.75) is 19.9 Å². The summed E-state index contributed by atoms with van der Waals surface area (Å²) in [4.78, 5) is 23.3. The maximum absolute atomic E-state index is 15.9. The van der Waals surface area contributed by atoms with Gasteiger partial charge in [0.2, 0.25) is 0 Å². The Hall–Kier alpha value is -4.01. The summed E-state index contributed by atoms with van der Waals surface area (Å²) in [6.45, 7) is 7.90. The van der Waals surface area contributed by atoms with E-state index >= 15 is 4.39 Å². The van der Waals surface area contributed by atoms with Gasteiger partial charge in [-0.25, -0.2) is 14.1 Å². The van der Waals surface area contributed by atoms with Gasteiger partial charge in [-0.1, -0.05) is 29.8 Å². The van der Waals surface area contributed by atoms with E-state index in [0.717, 1.165) is 37.6 Å². The second kappa shape index (κ2) is 10.3. The lowest BCUT2D eigenvalue weighted by Gasteiger charge is -2.38. The molecule has 0 amide bonds. The predicted molar refractivity (Wildman–Crippen MR) is 154 cm³/mol. The number of hydrogen-bond acceptors (Lipinski definition) is 5. The van der Waals surface area contributed by atoms with Gasteiger partial charge in [0.1, 0.15) is 11.2 Å². The number of para-hydroxylation sites is 1. The maximum Gasteiger partial charge on any atom is 0.269 e. The van der Waals surface area contributed by atoms with Crippen LogP contribution in [0.4, 0.5) is 10.1 Å². The Labute approximate surface area is 230 Å². The summed E-state index contributed by atoms with van der Waals surface area (Å²) in [7, 11) is 0. The lowest BCUT2D eigenvalue weighted by atomic mass is 10.1. The minimum atomic E-state index is -0.446. The van der Waals surface area contributed by atoms with Gasteiger partial charge in [0.05, 0.1) is 23.1 Å². The molecule has 0 saturated carbocycles. The number of piperazine rings is 1. The van der Waals surface area contributed by atoms with Crippen LogP contribution >= 0.6 is 11.6 Å². The first-order valence-electron chi connectivity index (χ1n) is 13.0. The van der Waals surface area contributed by atoms with Crippen LogP contribution in [0.25, 0.3) is 33.8 Å². The van der Waals surface area contributed by atoms with Crippen molar-refractivity contribution in [3.63, 3.8) is 0 Å². The summed E-state index contributed by atoms with van der Waals surface area (Å²) >= 11 is 6.12. The summed E-state index contributed by atoms with van der Waals surface area (Å²) in [5, 5.41) is 5.31. The van der Waals surface area contributed by atoms with Crippen LogP contribution in [0.3, 0.4) is 0 Å². The normalized spacial score (nSPS) is 14.4. The Morgan fingerprint density at radius 3 is 2.23 bits per heavy atom. The molecule has 0 spiro atoms. The first-order valence-corrected chi connectivity index (χ1v) is 13.4. The van der Waals surface area contributed by atoms with Crippen LogP contribution in [0, 0.1) is 5.82 Å². The molecule has 6 rings (SSSR count). The Kier molecular flexibility index (Phi) is 6.66. The molecular weight excluding hydrogens is 515 g/mol. The van der Waals surface area contributed by atoms with E-state index in [1.807, 2.05) is 36.4 Å². The van der Waals surface area contributed by atoms with E-state index in [0.29, 0.717) is 27.8 Å². The minimum absolute atomic E-state index is 0.196. The zero-order chi connectivity index (χ0) is 27.1. The molecular formula is C30H28ClFN6O. The third kappa shape index (κ3) is 4.70. The first kappa shape index (κ1) is 25.3. The standard InChI is InChI=1S/C30H28ClFN6O/c1-20(2)35-14-16-36(17-15-35)24-12-13-25(27(32)18-24)28-34-29-26(19-33-38(29)23-6-4-3-5-7-23)30(39)37(28)22-10-8-21(31)9-11-22/h3-13,18-20H,14-17H2,1-2H3. The molecule has 0 atom stereocenters. The molecule has 0 radical (unpaired) electrons. The van der Waals surface area contributed by atoms with E-state index in [1.54, 1.807) is 35.0 Å². The smallest absolute Gasteiger partial charge is 0.269 e. The van der Waals surface area contributed by atoms with Gasteiger partial charge in [-0.05, 0) is 68.4 Å². The molecule has 39 heavy (non-hydrogen) atoms. The molecule has 1 fully saturated rings. The molecule has 3 aromatic carbocycles. The van der Waals surface area contributed by atoms with Crippen LogP contribution in [-0.2, 0) is 0 Å². The number of hydrogen-bond donors (Lipinski definition) is 0. The molecule has 5 aromatic rings. The number of fused-ring (bicyclic) bond motifs is 1. The number of halogens is 2. The molecule has 198 valence electrons. The molecule has 0 bridgehead atoms. The lowest BCUT2D eigenvalue weighted by Crippen LogP contribution is -2.48. The third-order valence-electron chi connectivity index (χ3n) is 7.29. The van der Waals surface area contributed by atoms with Crippen molar-refractivity contribution in [1.82, 2.24) is 24.2 Å². The van der Waals surface area contributed by atoms with Crippen molar-refractivity contribution in [2.24, 2.45) is 0 Å². The van der Waals surface area contributed by atoms with Gasteiger partial charge in [0, 0.05) is 42.9 Å². The Morgan fingerprint density at radius 2 is 1.56 bits per heavy atom. The number of nitrogens with zero attached hydrogens (tertiary/aromatic N) is 6. The highest BCUT2D eigenvalue weighted by molar-refractivity contribution is 6.30. The summed E-state index contributed by atoms with van der Waals surface area (Å²) in [6.07, 6.45) is 1.50. The summed E-state index contributed by atoms with van der Waals surface area (Å²) in [6, 6.07) is 21.9. The van der Waals surface area contributed by atoms with E-state index in [-0.39, 0.29) is 16.9 Å². The van der Waals surface area contributed by atoms with Gasteiger partial charge in [0.15, 0.2) is 11.5 Å². The van der Waals surface area contributed by atoms with Crippen LogP contribution < -0.4 is 10.5 Å². The van der Waals surface area contributed by atoms with Crippen LogP contribution in [0.5, 0.6) is 0 Å². The van der Waals surface area contributed by atoms with E-state index in [4.69, 9.17) is 16.6 Å². The van der Waals surface area contributed by atoms with Crippen molar-refractivity contribution in [2.75, 3.05) is 31.1 Å². The third-order valence-corrected chi connectivity index (χ3v) is 7.54. The van der Waals surface area contributed by atoms with Gasteiger partial charge >= 0.3 is 0 Å². The van der Waals surface area contributed by atoms with Crippen LogP contribution in [0.1, 0.15) is 13.8 Å². The predicted octanol–water partition coefficient (Wildman–Crippen LogP) is 5.56. The molecule has 1 aliphatic heterocycles. The first-order chi connectivity index (χ1) is 18.9. The second-order valence-electron chi connectivity index (χ2n) is 9.96. The Balaban J connectivity index is 1.49. The number of benzene rings is 3. The number of aromatic nitrogens is 4. The SMILES string of the molecule is CC(C)N1CCN(c2ccc(-c3nc4c(cnn4-c4ccccc4)c(=O)n3-c3ccc(Cl)cc3)c(F)c2)CC1. The monoisotopic (exact) mass is 542 g/mol. The van der Waals surface area contributed by atoms with Crippen molar-refractivity contribution in [3.05, 3.63) is 100 Å². The molecule has 2 aromatic heterocycles. The molecule has 0 aliphatic carbocycles. The molecule has 9 heteroatoms. The lowest BCUT2D eigenvalue weighted by molar-refractivity contribution is 0.209. The molecule has 0 N–H and O–H groups in total. The van der Waals surface area contributed by atoms with Gasteiger partial charge < -0.3 is 4.90 Å². The summed E-state index contributed by atoms with van der Waals surface area (Å²) in [5.74, 6) is -0.250. The topological polar surface area (TPSA) is 59.2 Å². The van der Waals surface area contributed by atoms with Gasteiger partial charge in [-0.3, -0.25) is 14.3 Å². The highest BCUT2D eigenvalue weighted by Gasteiger charge is 2.23. The number of anilines is 1. The van der Waals surface area contributed by atoms with E-state index in [9.17, 15) is 4.79 Å². The Morgan fingerprint density at radius 1 is 0.872 bits per heavy atom. The Bertz CT molecular complexity index is 1690. The fraction of sp³-hybridized carbons (Fsp3) is 0.233. The molecule has 1 saturated heterocycles. The van der Waals surface area contributed by atoms with Gasteiger partial charge in [-0.2, -0.15) is 5.10 Å². The zero-order valence-corrected chi connectivity index (χ0v) is 22.5. The zero-order valence-electron chi connectivity index (χ0n) is 21.8. The van der Waals surface area contributed by atoms with Crippen molar-refractivity contribution in [1.29, 1.82) is 0 Å². The average Bonchev–Trinajstić information content (AvgIpc) is 3.39.